The van der Waals surface area contributed by atoms with Crippen LogP contribution in [0.3, 0.4) is 0 Å². The number of amides is 2. The van der Waals surface area contributed by atoms with Crippen LogP contribution in [0.5, 0.6) is 0 Å². The molecule has 7 nitrogen and oxygen atoms in total. The van der Waals surface area contributed by atoms with Gasteiger partial charge in [-0.25, -0.2) is 0 Å². The molecule has 1 aliphatic rings. The summed E-state index contributed by atoms with van der Waals surface area (Å²) in [6.07, 6.45) is 1.61. The normalized spacial score (nSPS) is 17.0. The number of likely N-dealkylation sites (tertiary alicyclic amines) is 1. The van der Waals surface area contributed by atoms with Crippen LogP contribution in [0.25, 0.3) is 10.6 Å². The van der Waals surface area contributed by atoms with Crippen LogP contribution in [0.1, 0.15) is 23.3 Å². The maximum atomic E-state index is 12.7. The first-order valence-electron chi connectivity index (χ1n) is 8.05. The van der Waals surface area contributed by atoms with Gasteiger partial charge in [0.2, 0.25) is 5.91 Å². The molecule has 1 fully saturated rings. The van der Waals surface area contributed by atoms with E-state index in [0.29, 0.717) is 31.9 Å². The van der Waals surface area contributed by atoms with Crippen molar-refractivity contribution in [3.05, 3.63) is 29.3 Å². The van der Waals surface area contributed by atoms with Crippen LogP contribution in [0.15, 0.2) is 23.6 Å². The molecular formula is C16H22ClN5O2S. The molecule has 3 rings (SSSR count). The second-order valence-corrected chi connectivity index (χ2v) is 6.76. The van der Waals surface area contributed by atoms with Crippen LogP contribution < -0.4 is 11.1 Å². The Morgan fingerprint density at radius 2 is 2.32 bits per heavy atom. The number of carbonyl (C=O) groups is 2. The van der Waals surface area contributed by atoms with E-state index in [1.165, 1.54) is 0 Å². The molecule has 3 heterocycles. The quantitative estimate of drug-likeness (QED) is 0.727. The van der Waals surface area contributed by atoms with E-state index in [4.69, 9.17) is 5.73 Å². The molecular weight excluding hydrogens is 362 g/mol. The fourth-order valence-electron chi connectivity index (χ4n) is 2.87. The van der Waals surface area contributed by atoms with Crippen molar-refractivity contribution in [2.24, 2.45) is 11.7 Å². The number of carbonyl (C=O) groups excluding carboxylic acids is 2. The van der Waals surface area contributed by atoms with Gasteiger partial charge in [-0.3, -0.25) is 14.7 Å². The van der Waals surface area contributed by atoms with Crippen LogP contribution in [-0.4, -0.2) is 53.1 Å². The topological polar surface area (TPSA) is 104 Å². The summed E-state index contributed by atoms with van der Waals surface area (Å²) < 4.78 is 0. The van der Waals surface area contributed by atoms with Crippen molar-refractivity contribution in [1.82, 2.24) is 20.4 Å². The minimum absolute atomic E-state index is 0. The number of rotatable bonds is 5. The summed E-state index contributed by atoms with van der Waals surface area (Å²) in [7, 11) is 0. The van der Waals surface area contributed by atoms with Gasteiger partial charge in [0, 0.05) is 26.2 Å². The van der Waals surface area contributed by atoms with Crippen molar-refractivity contribution in [1.29, 1.82) is 0 Å². The van der Waals surface area contributed by atoms with Crippen LogP contribution in [-0.2, 0) is 4.79 Å². The zero-order chi connectivity index (χ0) is 16.9. The average molecular weight is 384 g/mol. The Bertz CT molecular complexity index is 703. The molecule has 0 radical (unpaired) electrons. The predicted molar refractivity (Wildman–Crippen MR) is 99.8 cm³/mol. The number of H-pyrrole nitrogens is 1. The molecule has 0 spiro atoms. The van der Waals surface area contributed by atoms with Gasteiger partial charge in [0.15, 0.2) is 5.69 Å². The Labute approximate surface area is 156 Å². The summed E-state index contributed by atoms with van der Waals surface area (Å²) in [5.41, 5.74) is 6.64. The van der Waals surface area contributed by atoms with Crippen LogP contribution in [0, 0.1) is 5.92 Å². The van der Waals surface area contributed by atoms with Crippen molar-refractivity contribution in [3.8, 4) is 10.6 Å². The molecule has 0 aromatic carbocycles. The highest BCUT2D eigenvalue weighted by Crippen LogP contribution is 2.24. The lowest BCUT2D eigenvalue weighted by Crippen LogP contribution is -2.46. The minimum atomic E-state index is -0.176. The number of aromatic nitrogens is 2. The van der Waals surface area contributed by atoms with Crippen LogP contribution in [0.4, 0.5) is 0 Å². The average Bonchev–Trinajstić information content (AvgIpc) is 3.30. The zero-order valence-electron chi connectivity index (χ0n) is 13.7. The maximum absolute atomic E-state index is 12.7. The largest absolute Gasteiger partial charge is 0.355 e. The smallest absolute Gasteiger partial charge is 0.274 e. The number of nitrogens with zero attached hydrogens (tertiary/aromatic N) is 2. The van der Waals surface area contributed by atoms with Gasteiger partial charge < -0.3 is 16.0 Å². The first-order chi connectivity index (χ1) is 11.7. The predicted octanol–water partition coefficient (Wildman–Crippen LogP) is 1.49. The Balaban J connectivity index is 0.00000225. The molecule has 0 aliphatic carbocycles. The van der Waals surface area contributed by atoms with Gasteiger partial charge >= 0.3 is 0 Å². The molecule has 9 heteroatoms. The van der Waals surface area contributed by atoms with E-state index < -0.39 is 0 Å². The highest BCUT2D eigenvalue weighted by molar-refractivity contribution is 7.13. The molecule has 1 aliphatic heterocycles. The van der Waals surface area contributed by atoms with Crippen molar-refractivity contribution in [3.63, 3.8) is 0 Å². The van der Waals surface area contributed by atoms with E-state index in [9.17, 15) is 9.59 Å². The number of piperidine rings is 1. The monoisotopic (exact) mass is 383 g/mol. The lowest BCUT2D eigenvalue weighted by molar-refractivity contribution is -0.126. The molecule has 4 N–H and O–H groups in total. The molecule has 1 atom stereocenters. The molecule has 1 unspecified atom stereocenters. The van der Waals surface area contributed by atoms with Crippen molar-refractivity contribution >= 4 is 35.6 Å². The summed E-state index contributed by atoms with van der Waals surface area (Å²) in [4.78, 5) is 27.5. The van der Waals surface area contributed by atoms with Gasteiger partial charge in [-0.15, -0.1) is 23.7 Å². The molecule has 2 amide bonds. The van der Waals surface area contributed by atoms with Gasteiger partial charge in [0.05, 0.1) is 16.5 Å². The van der Waals surface area contributed by atoms with E-state index in [2.05, 4.69) is 15.5 Å². The number of thiophene rings is 1. The van der Waals surface area contributed by atoms with Gasteiger partial charge in [0.1, 0.15) is 0 Å². The number of nitrogens with two attached hydrogens (primary N) is 1. The summed E-state index contributed by atoms with van der Waals surface area (Å²) in [5.74, 6) is -0.338. The summed E-state index contributed by atoms with van der Waals surface area (Å²) in [6, 6.07) is 5.70. The first kappa shape index (κ1) is 19.4. The van der Waals surface area contributed by atoms with Crippen LogP contribution in [0.2, 0.25) is 0 Å². The van der Waals surface area contributed by atoms with E-state index in [1.54, 1.807) is 22.3 Å². The second kappa shape index (κ2) is 8.98. The third kappa shape index (κ3) is 4.59. The molecule has 0 saturated carbocycles. The van der Waals surface area contributed by atoms with Crippen LogP contribution >= 0.6 is 23.7 Å². The molecule has 2 aromatic rings. The number of nitrogens with one attached hydrogen (secondary N) is 2. The van der Waals surface area contributed by atoms with Crippen molar-refractivity contribution < 1.29 is 9.59 Å². The number of hydrogen-bond acceptors (Lipinski definition) is 5. The first-order valence-corrected chi connectivity index (χ1v) is 8.93. The second-order valence-electron chi connectivity index (χ2n) is 5.81. The Morgan fingerprint density at radius 3 is 3.04 bits per heavy atom. The lowest BCUT2D eigenvalue weighted by Gasteiger charge is -2.31. The number of hydrogen-bond donors (Lipinski definition) is 3. The highest BCUT2D eigenvalue weighted by Gasteiger charge is 2.29. The Kier molecular flexibility index (Phi) is 6.98. The van der Waals surface area contributed by atoms with Gasteiger partial charge in [-0.05, 0) is 30.4 Å². The van der Waals surface area contributed by atoms with Crippen molar-refractivity contribution in [2.75, 3.05) is 26.2 Å². The summed E-state index contributed by atoms with van der Waals surface area (Å²) in [5, 5.41) is 11.8. The molecule has 1 saturated heterocycles. The minimum Gasteiger partial charge on any atom is -0.355 e. The molecule has 0 bridgehead atoms. The van der Waals surface area contributed by atoms with E-state index >= 15 is 0 Å². The van der Waals surface area contributed by atoms with E-state index in [-0.39, 0.29) is 30.1 Å². The van der Waals surface area contributed by atoms with Gasteiger partial charge in [0.25, 0.3) is 5.91 Å². The maximum Gasteiger partial charge on any atom is 0.274 e. The summed E-state index contributed by atoms with van der Waals surface area (Å²) >= 11 is 1.59. The Morgan fingerprint density at radius 1 is 1.48 bits per heavy atom. The summed E-state index contributed by atoms with van der Waals surface area (Å²) in [6.45, 7) is 1.96. The van der Waals surface area contributed by atoms with Gasteiger partial charge in [-0.1, -0.05) is 6.07 Å². The standard InChI is InChI=1S/C16H21N5O2S.ClH/c17-5-6-18-15(22)11-3-1-7-21(10-11)16(23)13-9-12(19-20-13)14-4-2-8-24-14;/h2,4,8-9,11H,1,3,5-7,10,17H2,(H,18,22)(H,19,20);1H. The number of aromatic amines is 1. The van der Waals surface area contributed by atoms with Crippen molar-refractivity contribution in [2.45, 2.75) is 12.8 Å². The fourth-order valence-corrected chi connectivity index (χ4v) is 3.56. The third-order valence-electron chi connectivity index (χ3n) is 4.11. The van der Waals surface area contributed by atoms with E-state index in [1.807, 2.05) is 17.5 Å². The highest BCUT2D eigenvalue weighted by atomic mass is 35.5. The fraction of sp³-hybridized carbons (Fsp3) is 0.438. The lowest BCUT2D eigenvalue weighted by atomic mass is 9.97. The molecule has 136 valence electrons. The SMILES string of the molecule is Cl.NCCNC(=O)C1CCCN(C(=O)c2cc(-c3cccs3)[nH]n2)C1. The molecule has 2 aromatic heterocycles. The third-order valence-corrected chi connectivity index (χ3v) is 5.01. The Hall–Kier alpha value is -1.90. The molecule has 25 heavy (non-hydrogen) atoms. The zero-order valence-corrected chi connectivity index (χ0v) is 15.4. The van der Waals surface area contributed by atoms with E-state index in [0.717, 1.165) is 23.4 Å². The number of halogens is 1. The van der Waals surface area contributed by atoms with Gasteiger partial charge in [-0.2, -0.15) is 5.10 Å².